The quantitative estimate of drug-likeness (QED) is 0.309. The van der Waals surface area contributed by atoms with Crippen LogP contribution in [0.2, 0.25) is 0 Å². The fourth-order valence-electron chi connectivity index (χ4n) is 5.93. The minimum absolute atomic E-state index is 0.00994. The minimum atomic E-state index is -1.18. The van der Waals surface area contributed by atoms with Gasteiger partial charge in [0.25, 0.3) is 0 Å². The third kappa shape index (κ3) is 9.30. The first-order valence-corrected chi connectivity index (χ1v) is 15.1. The molecule has 2 fully saturated rings. The molecule has 4 rings (SSSR count). The van der Waals surface area contributed by atoms with Crippen LogP contribution >= 0.6 is 0 Å². The monoisotopic (exact) mass is 563 g/mol. The number of anilines is 1. The number of carbonyl (C=O) groups excluding carboxylic acids is 2. The molecule has 1 saturated heterocycles. The van der Waals surface area contributed by atoms with Crippen LogP contribution in [0, 0.1) is 5.92 Å². The Kier molecular flexibility index (Phi) is 11.6. The summed E-state index contributed by atoms with van der Waals surface area (Å²) in [7, 11) is 0. The molecule has 1 aliphatic heterocycles. The summed E-state index contributed by atoms with van der Waals surface area (Å²) in [6, 6.07) is 16.9. The van der Waals surface area contributed by atoms with Gasteiger partial charge in [-0.2, -0.15) is 0 Å². The largest absolute Gasteiger partial charge is 0.465 e. The van der Waals surface area contributed by atoms with Gasteiger partial charge in [0.05, 0.1) is 6.04 Å². The van der Waals surface area contributed by atoms with Gasteiger partial charge in [0.15, 0.2) is 0 Å². The van der Waals surface area contributed by atoms with Crippen LogP contribution in [0.4, 0.5) is 10.5 Å². The van der Waals surface area contributed by atoms with Gasteiger partial charge in [-0.3, -0.25) is 14.5 Å². The molecule has 2 atom stereocenters. The number of amides is 3. The lowest BCUT2D eigenvalue weighted by molar-refractivity contribution is -0.135. The van der Waals surface area contributed by atoms with Crippen LogP contribution in [0.15, 0.2) is 54.6 Å². The number of hydrogen-bond donors (Lipinski definition) is 4. The first-order chi connectivity index (χ1) is 19.9. The van der Waals surface area contributed by atoms with Crippen molar-refractivity contribution >= 4 is 23.6 Å². The number of piperazine rings is 1. The maximum absolute atomic E-state index is 13.5. The highest BCUT2D eigenvalue weighted by molar-refractivity contribution is 5.96. The van der Waals surface area contributed by atoms with Gasteiger partial charge in [-0.25, -0.2) is 4.79 Å². The molecule has 2 aromatic carbocycles. The van der Waals surface area contributed by atoms with E-state index in [0.29, 0.717) is 25.2 Å². The third-order valence-electron chi connectivity index (χ3n) is 8.22. The van der Waals surface area contributed by atoms with Crippen LogP contribution in [0.5, 0.6) is 0 Å². The molecule has 0 spiro atoms. The molecule has 9 nitrogen and oxygen atoms in total. The standard InChI is InChI=1S/C32H45N5O4/c1-2-17-33-28(31(39)37-20-18-36(19-21-37)23-25-9-5-3-6-10-25)22-24-13-15-27(16-14-24)34-30(38)29(35-32(40)41)26-11-7-4-8-12-26/h3,5-6,9-10,13-16,26,28-29,33,35H,2,4,7-8,11-12,17-23H2,1H3,(H,34,38)(H,40,41)/t28-,29+/m1/s1. The van der Waals surface area contributed by atoms with Crippen molar-refractivity contribution in [2.24, 2.45) is 5.92 Å². The normalized spacial score (nSPS) is 17.9. The average molecular weight is 564 g/mol. The molecule has 2 aromatic rings. The second-order valence-electron chi connectivity index (χ2n) is 11.3. The first-order valence-electron chi connectivity index (χ1n) is 15.1. The lowest BCUT2D eigenvalue weighted by Gasteiger charge is -2.36. The maximum atomic E-state index is 13.5. The maximum Gasteiger partial charge on any atom is 0.405 e. The molecule has 4 N–H and O–H groups in total. The molecule has 2 aliphatic rings. The number of benzene rings is 2. The Morgan fingerprint density at radius 3 is 2.22 bits per heavy atom. The van der Waals surface area contributed by atoms with Crippen LogP contribution < -0.4 is 16.0 Å². The highest BCUT2D eigenvalue weighted by Gasteiger charge is 2.31. The average Bonchev–Trinajstić information content (AvgIpc) is 3.00. The van der Waals surface area contributed by atoms with Crippen LogP contribution in [-0.2, 0) is 22.6 Å². The van der Waals surface area contributed by atoms with Crippen molar-refractivity contribution in [3.05, 3.63) is 65.7 Å². The number of carbonyl (C=O) groups is 3. The molecule has 222 valence electrons. The molecular formula is C32H45N5O4. The Labute approximate surface area is 243 Å². The summed E-state index contributed by atoms with van der Waals surface area (Å²) in [6.45, 7) is 6.89. The Morgan fingerprint density at radius 1 is 0.902 bits per heavy atom. The van der Waals surface area contributed by atoms with Crippen molar-refractivity contribution in [2.75, 3.05) is 38.0 Å². The Hall–Kier alpha value is -3.43. The van der Waals surface area contributed by atoms with E-state index in [1.807, 2.05) is 35.2 Å². The van der Waals surface area contributed by atoms with E-state index < -0.39 is 12.1 Å². The van der Waals surface area contributed by atoms with Crippen LogP contribution in [-0.4, -0.2) is 77.6 Å². The van der Waals surface area contributed by atoms with Crippen molar-refractivity contribution in [3.63, 3.8) is 0 Å². The highest BCUT2D eigenvalue weighted by Crippen LogP contribution is 2.27. The summed E-state index contributed by atoms with van der Waals surface area (Å²) in [5, 5.41) is 18.1. The van der Waals surface area contributed by atoms with E-state index in [-0.39, 0.29) is 23.8 Å². The Bertz CT molecular complexity index is 1110. The predicted molar refractivity (Wildman–Crippen MR) is 161 cm³/mol. The molecule has 1 aliphatic carbocycles. The van der Waals surface area contributed by atoms with Gasteiger partial charge in [-0.05, 0) is 61.4 Å². The molecule has 0 bridgehead atoms. The first kappa shape index (κ1) is 30.5. The van der Waals surface area contributed by atoms with Crippen molar-refractivity contribution in [1.29, 1.82) is 0 Å². The zero-order valence-electron chi connectivity index (χ0n) is 24.2. The second kappa shape index (κ2) is 15.5. The van der Waals surface area contributed by atoms with Gasteiger partial charge < -0.3 is 26.0 Å². The smallest absolute Gasteiger partial charge is 0.405 e. The van der Waals surface area contributed by atoms with Gasteiger partial charge >= 0.3 is 6.09 Å². The molecule has 41 heavy (non-hydrogen) atoms. The van der Waals surface area contributed by atoms with Crippen molar-refractivity contribution in [2.45, 2.75) is 70.5 Å². The molecule has 0 radical (unpaired) electrons. The molecule has 1 saturated carbocycles. The molecule has 3 amide bonds. The zero-order valence-corrected chi connectivity index (χ0v) is 24.2. The predicted octanol–water partition coefficient (Wildman–Crippen LogP) is 4.10. The second-order valence-corrected chi connectivity index (χ2v) is 11.3. The van der Waals surface area contributed by atoms with Crippen molar-refractivity contribution < 1.29 is 19.5 Å². The lowest BCUT2D eigenvalue weighted by Crippen LogP contribution is -2.54. The summed E-state index contributed by atoms with van der Waals surface area (Å²) in [6.07, 6.45) is 5.16. The number of nitrogens with one attached hydrogen (secondary N) is 3. The van der Waals surface area contributed by atoms with E-state index in [1.54, 1.807) is 0 Å². The summed E-state index contributed by atoms with van der Waals surface area (Å²) in [5.41, 5.74) is 2.91. The van der Waals surface area contributed by atoms with E-state index >= 15 is 0 Å². The van der Waals surface area contributed by atoms with Crippen molar-refractivity contribution in [1.82, 2.24) is 20.4 Å². The Morgan fingerprint density at radius 2 is 1.59 bits per heavy atom. The SMILES string of the molecule is CCCN[C@H](Cc1ccc(NC(=O)[C@@H](NC(=O)O)C2CCCCC2)cc1)C(=O)N1CCN(Cc2ccccc2)CC1. The van der Waals surface area contributed by atoms with E-state index in [2.05, 4.69) is 52.0 Å². The number of carboxylic acid groups (broad SMARTS) is 1. The lowest BCUT2D eigenvalue weighted by atomic mass is 9.83. The molecule has 1 heterocycles. The topological polar surface area (TPSA) is 114 Å². The van der Waals surface area contributed by atoms with Gasteiger partial charge in [0.1, 0.15) is 6.04 Å². The molecular weight excluding hydrogens is 518 g/mol. The van der Waals surface area contributed by atoms with Crippen LogP contribution in [0.25, 0.3) is 0 Å². The third-order valence-corrected chi connectivity index (χ3v) is 8.22. The summed E-state index contributed by atoms with van der Waals surface area (Å²) >= 11 is 0. The fraction of sp³-hybridized carbons (Fsp3) is 0.531. The molecule has 0 unspecified atom stereocenters. The van der Waals surface area contributed by atoms with Crippen LogP contribution in [0.1, 0.15) is 56.6 Å². The summed E-state index contributed by atoms with van der Waals surface area (Å²) in [5.74, 6) is -0.183. The fourth-order valence-corrected chi connectivity index (χ4v) is 5.93. The molecule has 9 heteroatoms. The molecule has 0 aromatic heterocycles. The highest BCUT2D eigenvalue weighted by atomic mass is 16.4. The number of hydrogen-bond acceptors (Lipinski definition) is 5. The van der Waals surface area contributed by atoms with Gasteiger partial charge in [0, 0.05) is 38.4 Å². The summed E-state index contributed by atoms with van der Waals surface area (Å²) in [4.78, 5) is 42.3. The van der Waals surface area contributed by atoms with E-state index in [0.717, 1.165) is 70.3 Å². The van der Waals surface area contributed by atoms with Gasteiger partial charge in [-0.15, -0.1) is 0 Å². The number of rotatable bonds is 12. The van der Waals surface area contributed by atoms with Crippen LogP contribution in [0.3, 0.4) is 0 Å². The van der Waals surface area contributed by atoms with Crippen molar-refractivity contribution in [3.8, 4) is 0 Å². The van der Waals surface area contributed by atoms with E-state index in [4.69, 9.17) is 0 Å². The minimum Gasteiger partial charge on any atom is -0.465 e. The van der Waals surface area contributed by atoms with Gasteiger partial charge in [0.2, 0.25) is 11.8 Å². The Balaban J connectivity index is 1.32. The van der Waals surface area contributed by atoms with E-state index in [9.17, 15) is 19.5 Å². The zero-order chi connectivity index (χ0) is 29.0. The summed E-state index contributed by atoms with van der Waals surface area (Å²) < 4.78 is 0. The van der Waals surface area contributed by atoms with Gasteiger partial charge in [-0.1, -0.05) is 68.7 Å². The van der Waals surface area contributed by atoms with E-state index in [1.165, 1.54) is 5.56 Å². The number of nitrogens with zero attached hydrogens (tertiary/aromatic N) is 2.